The third-order valence-corrected chi connectivity index (χ3v) is 5.55. The molecule has 28 heavy (non-hydrogen) atoms. The van der Waals surface area contributed by atoms with Crippen LogP contribution in [0.25, 0.3) is 0 Å². The van der Waals surface area contributed by atoms with E-state index < -0.39 is 31.6 Å². The highest BCUT2D eigenvalue weighted by molar-refractivity contribution is 6.69. The van der Waals surface area contributed by atoms with Gasteiger partial charge in [0.1, 0.15) is 7.11 Å². The van der Waals surface area contributed by atoms with Crippen LogP contribution < -0.4 is 0 Å². The SMILES string of the molecule is CO/N=C(\CO[Si](C)(C)C)CC1(c2ccccc2)C(=O)N(C)C(=O)N(C)C1=O. The molecular weight excluding hydrogens is 378 g/mol. The summed E-state index contributed by atoms with van der Waals surface area (Å²) in [6.45, 7) is 6.23. The average molecular weight is 406 g/mol. The molecule has 0 atom stereocenters. The lowest BCUT2D eigenvalue weighted by Crippen LogP contribution is -2.65. The molecule has 1 aliphatic rings. The zero-order valence-electron chi connectivity index (χ0n) is 17.2. The van der Waals surface area contributed by atoms with Gasteiger partial charge in [-0.1, -0.05) is 35.5 Å². The quantitative estimate of drug-likeness (QED) is 0.300. The van der Waals surface area contributed by atoms with E-state index in [-0.39, 0.29) is 13.0 Å². The van der Waals surface area contributed by atoms with Crippen molar-refractivity contribution in [3.8, 4) is 0 Å². The lowest BCUT2D eigenvalue weighted by molar-refractivity contribution is -0.150. The van der Waals surface area contributed by atoms with Gasteiger partial charge in [-0.3, -0.25) is 19.4 Å². The minimum atomic E-state index is -1.87. The van der Waals surface area contributed by atoms with Crippen molar-refractivity contribution in [3.05, 3.63) is 35.9 Å². The van der Waals surface area contributed by atoms with E-state index in [1.165, 1.54) is 21.2 Å². The zero-order valence-corrected chi connectivity index (χ0v) is 18.2. The fourth-order valence-electron chi connectivity index (χ4n) is 3.13. The van der Waals surface area contributed by atoms with Gasteiger partial charge in [0, 0.05) is 20.5 Å². The van der Waals surface area contributed by atoms with Crippen LogP contribution in [0.3, 0.4) is 0 Å². The predicted molar refractivity (Wildman–Crippen MR) is 107 cm³/mol. The third-order valence-electron chi connectivity index (χ3n) is 4.54. The molecule has 0 bridgehead atoms. The van der Waals surface area contributed by atoms with Crippen molar-refractivity contribution in [2.24, 2.45) is 5.16 Å². The van der Waals surface area contributed by atoms with Crippen molar-refractivity contribution in [1.29, 1.82) is 0 Å². The van der Waals surface area contributed by atoms with Gasteiger partial charge in [0.25, 0.3) is 11.8 Å². The first-order valence-corrected chi connectivity index (χ1v) is 12.3. The number of hydrogen-bond acceptors (Lipinski definition) is 6. The van der Waals surface area contributed by atoms with Crippen LogP contribution in [0, 0.1) is 0 Å². The van der Waals surface area contributed by atoms with Crippen LogP contribution in [0.5, 0.6) is 0 Å². The largest absolute Gasteiger partial charge is 0.412 e. The maximum Gasteiger partial charge on any atom is 0.332 e. The van der Waals surface area contributed by atoms with Crippen molar-refractivity contribution in [2.45, 2.75) is 31.5 Å². The third kappa shape index (κ3) is 4.15. The number of imide groups is 2. The highest BCUT2D eigenvalue weighted by atomic mass is 28.4. The second kappa shape index (κ2) is 8.23. The Kier molecular flexibility index (Phi) is 6.40. The van der Waals surface area contributed by atoms with E-state index in [2.05, 4.69) is 5.16 Å². The molecule has 1 heterocycles. The fourth-order valence-corrected chi connectivity index (χ4v) is 3.73. The normalized spacial score (nSPS) is 17.9. The topological polar surface area (TPSA) is 88.5 Å². The van der Waals surface area contributed by atoms with E-state index in [0.29, 0.717) is 11.3 Å². The number of likely N-dealkylation sites (N-methyl/N-ethyl adjacent to an activating group) is 2. The number of benzene rings is 1. The van der Waals surface area contributed by atoms with Gasteiger partial charge in [0.05, 0.1) is 12.3 Å². The molecule has 8 nitrogen and oxygen atoms in total. The van der Waals surface area contributed by atoms with Gasteiger partial charge in [-0.05, 0) is 25.2 Å². The highest BCUT2D eigenvalue weighted by Gasteiger charge is 2.57. The standard InChI is InChI=1S/C19H27N3O5Si/c1-21-16(23)19(14-10-8-7-9-11-14,17(24)22(2)18(21)25)12-15(20-26-3)13-27-28(4,5)6/h7-11H,12-13H2,1-6H3/b20-15-. The summed E-state index contributed by atoms with van der Waals surface area (Å²) in [5.74, 6) is -1.19. The second-order valence-electron chi connectivity index (χ2n) is 7.70. The van der Waals surface area contributed by atoms with Crippen LogP contribution in [0.4, 0.5) is 4.79 Å². The Hall–Kier alpha value is -2.52. The summed E-state index contributed by atoms with van der Waals surface area (Å²) < 4.78 is 5.92. The molecule has 0 unspecified atom stereocenters. The Labute approximate surface area is 166 Å². The number of nitrogens with zero attached hydrogens (tertiary/aromatic N) is 3. The molecule has 2 rings (SSSR count). The molecule has 1 aliphatic heterocycles. The summed E-state index contributed by atoms with van der Waals surface area (Å²) in [5.41, 5.74) is -0.696. The summed E-state index contributed by atoms with van der Waals surface area (Å²) in [6.07, 6.45) is -0.0467. The number of barbiturate groups is 1. The molecule has 0 aromatic heterocycles. The van der Waals surface area contributed by atoms with Crippen molar-refractivity contribution in [1.82, 2.24) is 9.80 Å². The smallest absolute Gasteiger partial charge is 0.332 e. The van der Waals surface area contributed by atoms with E-state index in [1.807, 2.05) is 19.6 Å². The molecule has 1 saturated heterocycles. The second-order valence-corrected chi connectivity index (χ2v) is 12.2. The van der Waals surface area contributed by atoms with Gasteiger partial charge >= 0.3 is 6.03 Å². The van der Waals surface area contributed by atoms with E-state index in [9.17, 15) is 14.4 Å². The Bertz CT molecular complexity index is 765. The Morgan fingerprint density at radius 1 is 1.04 bits per heavy atom. The molecule has 0 spiro atoms. The van der Waals surface area contributed by atoms with Crippen molar-refractivity contribution in [3.63, 3.8) is 0 Å². The summed E-state index contributed by atoms with van der Waals surface area (Å²) in [7, 11) is 2.27. The Morgan fingerprint density at radius 2 is 1.57 bits per heavy atom. The van der Waals surface area contributed by atoms with Crippen LogP contribution in [-0.2, 0) is 24.3 Å². The van der Waals surface area contributed by atoms with Gasteiger partial charge in [-0.15, -0.1) is 0 Å². The zero-order chi connectivity index (χ0) is 21.1. The highest BCUT2D eigenvalue weighted by Crippen LogP contribution is 2.36. The molecule has 0 aliphatic carbocycles. The van der Waals surface area contributed by atoms with Gasteiger partial charge < -0.3 is 9.26 Å². The lowest BCUT2D eigenvalue weighted by atomic mass is 9.72. The molecule has 152 valence electrons. The molecule has 9 heteroatoms. The van der Waals surface area contributed by atoms with Crippen molar-refractivity contribution in [2.75, 3.05) is 27.8 Å². The van der Waals surface area contributed by atoms with E-state index in [1.54, 1.807) is 30.3 Å². The molecule has 1 fully saturated rings. The number of hydrogen-bond donors (Lipinski definition) is 0. The number of amides is 4. The van der Waals surface area contributed by atoms with E-state index in [0.717, 1.165) is 9.80 Å². The molecule has 0 saturated carbocycles. The van der Waals surface area contributed by atoms with Crippen LogP contribution in [0.2, 0.25) is 19.6 Å². The molecule has 0 radical (unpaired) electrons. The lowest BCUT2D eigenvalue weighted by Gasteiger charge is -2.42. The molecule has 4 amide bonds. The number of rotatable bonds is 7. The molecule has 1 aromatic carbocycles. The van der Waals surface area contributed by atoms with Gasteiger partial charge in [0.2, 0.25) is 0 Å². The first-order chi connectivity index (χ1) is 13.0. The van der Waals surface area contributed by atoms with Gasteiger partial charge in [-0.25, -0.2) is 4.79 Å². The monoisotopic (exact) mass is 405 g/mol. The van der Waals surface area contributed by atoms with Crippen LogP contribution >= 0.6 is 0 Å². The minimum absolute atomic E-state index is 0.0467. The number of urea groups is 1. The minimum Gasteiger partial charge on any atom is -0.412 e. The van der Waals surface area contributed by atoms with Crippen LogP contribution in [0.15, 0.2) is 35.5 Å². The first-order valence-electron chi connectivity index (χ1n) is 8.93. The fraction of sp³-hybridized carbons (Fsp3) is 0.474. The molecular formula is C19H27N3O5Si. The maximum atomic E-state index is 13.3. The van der Waals surface area contributed by atoms with Gasteiger partial charge in [0.15, 0.2) is 13.7 Å². The van der Waals surface area contributed by atoms with Crippen molar-refractivity contribution < 1.29 is 23.6 Å². The first kappa shape index (κ1) is 21.8. The summed E-state index contributed by atoms with van der Waals surface area (Å²) >= 11 is 0. The van der Waals surface area contributed by atoms with Crippen LogP contribution in [0.1, 0.15) is 12.0 Å². The number of carbonyl (C=O) groups is 3. The molecule has 0 N–H and O–H groups in total. The average Bonchev–Trinajstić information content (AvgIpc) is 2.66. The summed E-state index contributed by atoms with van der Waals surface area (Å²) in [4.78, 5) is 45.7. The predicted octanol–water partition coefficient (Wildman–Crippen LogP) is 2.22. The van der Waals surface area contributed by atoms with E-state index >= 15 is 0 Å². The number of carbonyl (C=O) groups excluding carboxylic acids is 3. The van der Waals surface area contributed by atoms with Crippen LogP contribution in [-0.4, -0.2) is 69.5 Å². The maximum absolute atomic E-state index is 13.3. The Morgan fingerprint density at radius 3 is 2.04 bits per heavy atom. The Balaban J connectivity index is 2.56. The summed E-state index contributed by atoms with van der Waals surface area (Å²) in [5, 5.41) is 4.02. The van der Waals surface area contributed by atoms with Crippen molar-refractivity contribution >= 4 is 31.9 Å². The van der Waals surface area contributed by atoms with E-state index in [4.69, 9.17) is 9.26 Å². The number of oxime groups is 1. The molecule has 1 aromatic rings. The summed E-state index contributed by atoms with van der Waals surface area (Å²) in [6, 6.07) is 8.05. The van der Waals surface area contributed by atoms with Gasteiger partial charge in [-0.2, -0.15) is 0 Å².